The van der Waals surface area contributed by atoms with E-state index in [1.807, 2.05) is 38.2 Å². The Bertz CT molecular complexity index is 816. The number of ether oxygens (including phenoxy) is 1. The first-order valence-corrected chi connectivity index (χ1v) is 9.01. The van der Waals surface area contributed by atoms with Gasteiger partial charge in [-0.3, -0.25) is 0 Å². The topological polar surface area (TPSA) is 100 Å². The standard InChI is InChI=1S/C19H27N7O/c1-13-10-18(21-2)25-19(23-13)24-14-4-5-17(27-3)15(11-14)16(12-20)26-8-6-22-7-9-26/h4-5,10-12,22H,6-9,20H2,1-3H3,(H2,21,23,24,25)/b16-12-. The molecule has 0 bridgehead atoms. The molecule has 0 unspecified atom stereocenters. The number of nitrogens with two attached hydrogens (primary N) is 1. The molecule has 2 heterocycles. The molecule has 1 fully saturated rings. The smallest absolute Gasteiger partial charge is 0.229 e. The first-order chi connectivity index (χ1) is 13.1. The highest BCUT2D eigenvalue weighted by atomic mass is 16.5. The normalized spacial score (nSPS) is 14.8. The molecule has 1 aliphatic rings. The lowest BCUT2D eigenvalue weighted by Gasteiger charge is -2.32. The molecule has 0 radical (unpaired) electrons. The Hall–Kier alpha value is -3.00. The summed E-state index contributed by atoms with van der Waals surface area (Å²) < 4.78 is 5.57. The summed E-state index contributed by atoms with van der Waals surface area (Å²) in [4.78, 5) is 11.2. The van der Waals surface area contributed by atoms with Crippen LogP contribution in [0.25, 0.3) is 5.70 Å². The van der Waals surface area contributed by atoms with Gasteiger partial charge in [-0.1, -0.05) is 0 Å². The van der Waals surface area contributed by atoms with E-state index in [4.69, 9.17) is 10.5 Å². The van der Waals surface area contributed by atoms with Crippen molar-refractivity contribution in [3.63, 3.8) is 0 Å². The second-order valence-corrected chi connectivity index (χ2v) is 6.30. The molecule has 0 saturated carbocycles. The number of rotatable bonds is 6. The number of methoxy groups -OCH3 is 1. The fraction of sp³-hybridized carbons (Fsp3) is 0.368. The third-order valence-electron chi connectivity index (χ3n) is 4.46. The molecule has 8 heteroatoms. The Labute approximate surface area is 159 Å². The van der Waals surface area contributed by atoms with Gasteiger partial charge in [0.15, 0.2) is 0 Å². The predicted octanol–water partition coefficient (Wildman–Crippen LogP) is 1.74. The minimum Gasteiger partial charge on any atom is -0.496 e. The fourth-order valence-corrected chi connectivity index (χ4v) is 3.14. The van der Waals surface area contributed by atoms with Crippen molar-refractivity contribution in [3.8, 4) is 5.75 Å². The van der Waals surface area contributed by atoms with Gasteiger partial charge < -0.3 is 31.3 Å². The molecule has 144 valence electrons. The second-order valence-electron chi connectivity index (χ2n) is 6.30. The van der Waals surface area contributed by atoms with Crippen LogP contribution in [0.3, 0.4) is 0 Å². The molecular formula is C19H27N7O. The number of piperazine rings is 1. The van der Waals surface area contributed by atoms with E-state index in [9.17, 15) is 0 Å². The molecule has 1 saturated heterocycles. The Morgan fingerprint density at radius 3 is 2.70 bits per heavy atom. The number of aryl methyl sites for hydroxylation is 1. The number of nitrogens with zero attached hydrogens (tertiary/aromatic N) is 3. The van der Waals surface area contributed by atoms with E-state index in [0.717, 1.165) is 60.4 Å². The van der Waals surface area contributed by atoms with Gasteiger partial charge in [0.1, 0.15) is 11.6 Å². The van der Waals surface area contributed by atoms with E-state index >= 15 is 0 Å². The highest BCUT2D eigenvalue weighted by Crippen LogP contribution is 2.32. The fourth-order valence-electron chi connectivity index (χ4n) is 3.14. The van der Waals surface area contributed by atoms with Crippen molar-refractivity contribution >= 4 is 23.2 Å². The van der Waals surface area contributed by atoms with Crippen molar-refractivity contribution < 1.29 is 4.74 Å². The summed E-state index contributed by atoms with van der Waals surface area (Å²) in [5.41, 5.74) is 9.63. The lowest BCUT2D eigenvalue weighted by molar-refractivity contribution is 0.337. The van der Waals surface area contributed by atoms with Crippen molar-refractivity contribution in [1.29, 1.82) is 0 Å². The average Bonchev–Trinajstić information content (AvgIpc) is 2.69. The highest BCUT2D eigenvalue weighted by molar-refractivity contribution is 5.73. The van der Waals surface area contributed by atoms with Crippen LogP contribution in [0.4, 0.5) is 17.5 Å². The molecule has 0 aliphatic carbocycles. The van der Waals surface area contributed by atoms with Gasteiger partial charge >= 0.3 is 0 Å². The third kappa shape index (κ3) is 4.40. The molecule has 2 aromatic rings. The number of anilines is 3. The number of benzene rings is 1. The van der Waals surface area contributed by atoms with Crippen LogP contribution in [0.2, 0.25) is 0 Å². The zero-order chi connectivity index (χ0) is 19.2. The van der Waals surface area contributed by atoms with Crippen molar-refractivity contribution in [1.82, 2.24) is 20.2 Å². The maximum atomic E-state index is 5.99. The molecule has 5 N–H and O–H groups in total. The summed E-state index contributed by atoms with van der Waals surface area (Å²) in [6.07, 6.45) is 1.65. The lowest BCUT2D eigenvalue weighted by Crippen LogP contribution is -2.42. The number of aromatic nitrogens is 2. The van der Waals surface area contributed by atoms with E-state index in [-0.39, 0.29) is 0 Å². The minimum absolute atomic E-state index is 0.538. The van der Waals surface area contributed by atoms with Crippen molar-refractivity contribution in [3.05, 3.63) is 41.7 Å². The lowest BCUT2D eigenvalue weighted by atomic mass is 10.1. The van der Waals surface area contributed by atoms with Gasteiger partial charge in [0.05, 0.1) is 12.8 Å². The molecular weight excluding hydrogens is 342 g/mol. The zero-order valence-corrected chi connectivity index (χ0v) is 16.0. The number of nitrogens with one attached hydrogen (secondary N) is 3. The van der Waals surface area contributed by atoms with Crippen LogP contribution in [0.5, 0.6) is 5.75 Å². The van der Waals surface area contributed by atoms with Crippen LogP contribution in [0.1, 0.15) is 11.3 Å². The summed E-state index contributed by atoms with van der Waals surface area (Å²) in [7, 11) is 3.50. The molecule has 1 aromatic heterocycles. The van der Waals surface area contributed by atoms with Crippen LogP contribution in [-0.4, -0.2) is 55.2 Å². The average molecular weight is 369 g/mol. The van der Waals surface area contributed by atoms with E-state index in [0.29, 0.717) is 5.95 Å². The molecule has 3 rings (SSSR count). The minimum atomic E-state index is 0.538. The molecule has 1 aromatic carbocycles. The van der Waals surface area contributed by atoms with Crippen LogP contribution >= 0.6 is 0 Å². The molecule has 1 aliphatic heterocycles. The highest BCUT2D eigenvalue weighted by Gasteiger charge is 2.18. The first kappa shape index (κ1) is 18.8. The number of hydrogen-bond donors (Lipinski definition) is 4. The van der Waals surface area contributed by atoms with Crippen molar-refractivity contribution in [2.24, 2.45) is 5.73 Å². The Morgan fingerprint density at radius 1 is 1.26 bits per heavy atom. The first-order valence-electron chi connectivity index (χ1n) is 9.01. The van der Waals surface area contributed by atoms with E-state index in [2.05, 4.69) is 30.8 Å². The van der Waals surface area contributed by atoms with Gasteiger partial charge in [0, 0.05) is 62.4 Å². The molecule has 0 atom stereocenters. The molecule has 8 nitrogen and oxygen atoms in total. The van der Waals surface area contributed by atoms with Gasteiger partial charge in [0.2, 0.25) is 5.95 Å². The predicted molar refractivity (Wildman–Crippen MR) is 109 cm³/mol. The molecule has 0 amide bonds. The molecule has 27 heavy (non-hydrogen) atoms. The zero-order valence-electron chi connectivity index (χ0n) is 16.0. The SMILES string of the molecule is CNc1cc(C)nc(Nc2ccc(OC)c(/C(=C/N)N3CCNCC3)c2)n1. The largest absolute Gasteiger partial charge is 0.496 e. The monoisotopic (exact) mass is 369 g/mol. The van der Waals surface area contributed by atoms with Crippen LogP contribution < -0.4 is 26.4 Å². The van der Waals surface area contributed by atoms with Crippen LogP contribution in [-0.2, 0) is 0 Å². The van der Waals surface area contributed by atoms with Gasteiger partial charge in [-0.15, -0.1) is 0 Å². The third-order valence-corrected chi connectivity index (χ3v) is 4.46. The Morgan fingerprint density at radius 2 is 2.04 bits per heavy atom. The van der Waals surface area contributed by atoms with Crippen LogP contribution in [0.15, 0.2) is 30.5 Å². The van der Waals surface area contributed by atoms with Gasteiger partial charge in [-0.2, -0.15) is 4.98 Å². The molecule has 0 spiro atoms. The second kappa shape index (κ2) is 8.59. The van der Waals surface area contributed by atoms with E-state index in [1.54, 1.807) is 13.3 Å². The quantitative estimate of drug-likeness (QED) is 0.611. The van der Waals surface area contributed by atoms with Gasteiger partial charge in [-0.25, -0.2) is 4.98 Å². The van der Waals surface area contributed by atoms with Crippen molar-refractivity contribution in [2.75, 3.05) is 51.0 Å². The summed E-state index contributed by atoms with van der Waals surface area (Å²) in [6, 6.07) is 7.78. The maximum absolute atomic E-state index is 5.99. The Balaban J connectivity index is 1.92. The summed E-state index contributed by atoms with van der Waals surface area (Å²) in [5.74, 6) is 2.08. The maximum Gasteiger partial charge on any atom is 0.229 e. The summed E-state index contributed by atoms with van der Waals surface area (Å²) in [6.45, 7) is 5.60. The number of hydrogen-bond acceptors (Lipinski definition) is 8. The van der Waals surface area contributed by atoms with Crippen LogP contribution in [0, 0.1) is 6.92 Å². The summed E-state index contributed by atoms with van der Waals surface area (Å²) >= 11 is 0. The van der Waals surface area contributed by atoms with Gasteiger partial charge in [-0.05, 0) is 25.1 Å². The van der Waals surface area contributed by atoms with Gasteiger partial charge in [0.25, 0.3) is 0 Å². The Kier molecular flexibility index (Phi) is 5.97. The summed E-state index contributed by atoms with van der Waals surface area (Å²) in [5, 5.41) is 9.68. The van der Waals surface area contributed by atoms with Crippen molar-refractivity contribution in [2.45, 2.75) is 6.92 Å². The van der Waals surface area contributed by atoms with E-state index < -0.39 is 0 Å². The van der Waals surface area contributed by atoms with E-state index in [1.165, 1.54) is 0 Å².